The van der Waals surface area contributed by atoms with Gasteiger partial charge in [0.05, 0.1) is 0 Å². The van der Waals surface area contributed by atoms with E-state index >= 15 is 0 Å². The van der Waals surface area contributed by atoms with Crippen LogP contribution in [0.3, 0.4) is 0 Å². The minimum Gasteiger partial charge on any atom is -0.330 e. The van der Waals surface area contributed by atoms with Gasteiger partial charge in [-0.1, -0.05) is 26.0 Å². The van der Waals surface area contributed by atoms with E-state index in [0.29, 0.717) is 18.4 Å². The second-order valence-electron chi connectivity index (χ2n) is 3.78. The Labute approximate surface area is 85.1 Å². The summed E-state index contributed by atoms with van der Waals surface area (Å²) in [5.41, 5.74) is 6.83. The van der Waals surface area contributed by atoms with Crippen molar-refractivity contribution in [1.82, 2.24) is 0 Å². The Morgan fingerprint density at radius 3 is 2.29 bits per heavy atom. The summed E-state index contributed by atoms with van der Waals surface area (Å²) in [6.07, 6.45) is 1.05. The molecular formula is C12H18FN. The smallest absolute Gasteiger partial charge is 0.123 e. The molecule has 0 aliphatic heterocycles. The number of hydrogen-bond acceptors (Lipinski definition) is 1. The highest BCUT2D eigenvalue weighted by molar-refractivity contribution is 5.21. The molecule has 1 rings (SSSR count). The van der Waals surface area contributed by atoms with Gasteiger partial charge in [-0.15, -0.1) is 0 Å². The predicted octanol–water partition coefficient (Wildman–Crippen LogP) is 2.91. The molecule has 0 radical (unpaired) electrons. The lowest BCUT2D eigenvalue weighted by Gasteiger charge is -2.21. The molecule has 2 unspecified atom stereocenters. The average molecular weight is 195 g/mol. The molecule has 0 heterocycles. The molecule has 2 N–H and O–H groups in total. The third kappa shape index (κ3) is 2.55. The van der Waals surface area contributed by atoms with E-state index in [-0.39, 0.29) is 5.82 Å². The van der Waals surface area contributed by atoms with Crippen molar-refractivity contribution in [2.24, 2.45) is 11.7 Å². The van der Waals surface area contributed by atoms with Crippen LogP contribution in [0.5, 0.6) is 0 Å². The van der Waals surface area contributed by atoms with Crippen LogP contribution in [-0.4, -0.2) is 6.54 Å². The maximum Gasteiger partial charge on any atom is 0.123 e. The van der Waals surface area contributed by atoms with Gasteiger partial charge < -0.3 is 5.73 Å². The maximum absolute atomic E-state index is 12.7. The topological polar surface area (TPSA) is 26.0 Å². The quantitative estimate of drug-likeness (QED) is 0.785. The van der Waals surface area contributed by atoms with Crippen LogP contribution in [0.2, 0.25) is 0 Å². The minimum atomic E-state index is -0.177. The molecular weight excluding hydrogens is 177 g/mol. The van der Waals surface area contributed by atoms with Crippen LogP contribution >= 0.6 is 0 Å². The first-order valence-electron chi connectivity index (χ1n) is 5.14. The van der Waals surface area contributed by atoms with Crippen molar-refractivity contribution in [2.45, 2.75) is 26.2 Å². The van der Waals surface area contributed by atoms with E-state index in [1.165, 1.54) is 17.7 Å². The summed E-state index contributed by atoms with van der Waals surface area (Å²) in [6, 6.07) is 6.74. The molecule has 0 spiro atoms. The Hall–Kier alpha value is -0.890. The predicted molar refractivity (Wildman–Crippen MR) is 57.7 cm³/mol. The van der Waals surface area contributed by atoms with Gasteiger partial charge in [0.1, 0.15) is 5.82 Å². The number of rotatable bonds is 4. The van der Waals surface area contributed by atoms with Gasteiger partial charge >= 0.3 is 0 Å². The fourth-order valence-corrected chi connectivity index (χ4v) is 1.84. The molecule has 14 heavy (non-hydrogen) atoms. The molecule has 0 saturated heterocycles. The summed E-state index contributed by atoms with van der Waals surface area (Å²) in [6.45, 7) is 4.95. The molecule has 0 aromatic heterocycles. The van der Waals surface area contributed by atoms with Gasteiger partial charge in [-0.25, -0.2) is 4.39 Å². The molecule has 0 aliphatic carbocycles. The number of hydrogen-bond donors (Lipinski definition) is 1. The Kier molecular flexibility index (Phi) is 4.08. The zero-order valence-electron chi connectivity index (χ0n) is 8.83. The van der Waals surface area contributed by atoms with Crippen LogP contribution in [-0.2, 0) is 0 Å². The van der Waals surface area contributed by atoms with Gasteiger partial charge in [-0.3, -0.25) is 0 Å². The molecule has 0 saturated carbocycles. The summed E-state index contributed by atoms with van der Waals surface area (Å²) in [7, 11) is 0. The molecule has 78 valence electrons. The maximum atomic E-state index is 12.7. The first kappa shape index (κ1) is 11.2. The van der Waals surface area contributed by atoms with Gasteiger partial charge in [0, 0.05) is 0 Å². The van der Waals surface area contributed by atoms with Crippen molar-refractivity contribution in [2.75, 3.05) is 6.54 Å². The zero-order valence-corrected chi connectivity index (χ0v) is 8.83. The van der Waals surface area contributed by atoms with E-state index in [2.05, 4.69) is 13.8 Å². The molecule has 0 amide bonds. The van der Waals surface area contributed by atoms with Crippen LogP contribution in [0.4, 0.5) is 4.39 Å². The summed E-state index contributed by atoms with van der Waals surface area (Å²) in [5.74, 6) is 0.718. The van der Waals surface area contributed by atoms with Crippen molar-refractivity contribution >= 4 is 0 Å². The Morgan fingerprint density at radius 2 is 1.86 bits per heavy atom. The highest BCUT2D eigenvalue weighted by atomic mass is 19.1. The van der Waals surface area contributed by atoms with E-state index in [4.69, 9.17) is 5.73 Å². The Balaban J connectivity index is 2.84. The zero-order chi connectivity index (χ0) is 10.6. The third-order valence-corrected chi connectivity index (χ3v) is 2.80. The monoisotopic (exact) mass is 195 g/mol. The van der Waals surface area contributed by atoms with Crippen LogP contribution in [0, 0.1) is 11.7 Å². The molecule has 0 aliphatic rings. The molecule has 0 bridgehead atoms. The lowest BCUT2D eigenvalue weighted by molar-refractivity contribution is 0.456. The Morgan fingerprint density at radius 1 is 1.29 bits per heavy atom. The van der Waals surface area contributed by atoms with Crippen LogP contribution < -0.4 is 5.73 Å². The van der Waals surface area contributed by atoms with Crippen molar-refractivity contribution in [3.8, 4) is 0 Å². The highest BCUT2D eigenvalue weighted by Gasteiger charge is 2.15. The standard InChI is InChI=1S/C12H18FN/c1-3-12(9(2)8-14)10-4-6-11(13)7-5-10/h4-7,9,12H,3,8,14H2,1-2H3. The fourth-order valence-electron chi connectivity index (χ4n) is 1.84. The fraction of sp³-hybridized carbons (Fsp3) is 0.500. The normalized spacial score (nSPS) is 15.1. The Bertz CT molecular complexity index is 268. The van der Waals surface area contributed by atoms with Crippen LogP contribution in [0.15, 0.2) is 24.3 Å². The van der Waals surface area contributed by atoms with Gasteiger partial charge in [-0.2, -0.15) is 0 Å². The summed E-state index contributed by atoms with van der Waals surface area (Å²) in [5, 5.41) is 0. The van der Waals surface area contributed by atoms with E-state index in [9.17, 15) is 4.39 Å². The van der Waals surface area contributed by atoms with Crippen molar-refractivity contribution in [1.29, 1.82) is 0 Å². The largest absolute Gasteiger partial charge is 0.330 e. The summed E-state index contributed by atoms with van der Waals surface area (Å²) >= 11 is 0. The summed E-state index contributed by atoms with van der Waals surface area (Å²) in [4.78, 5) is 0. The van der Waals surface area contributed by atoms with Crippen LogP contribution in [0.1, 0.15) is 31.7 Å². The number of benzene rings is 1. The first-order valence-corrected chi connectivity index (χ1v) is 5.14. The second-order valence-corrected chi connectivity index (χ2v) is 3.78. The minimum absolute atomic E-state index is 0.177. The van der Waals surface area contributed by atoms with E-state index < -0.39 is 0 Å². The highest BCUT2D eigenvalue weighted by Crippen LogP contribution is 2.27. The van der Waals surface area contributed by atoms with Gasteiger partial charge in [-0.05, 0) is 42.5 Å². The molecule has 1 aromatic rings. The third-order valence-electron chi connectivity index (χ3n) is 2.80. The molecule has 2 heteroatoms. The van der Waals surface area contributed by atoms with Gasteiger partial charge in [0.15, 0.2) is 0 Å². The molecule has 1 nitrogen and oxygen atoms in total. The van der Waals surface area contributed by atoms with E-state index in [1.807, 2.05) is 12.1 Å². The molecule has 0 fully saturated rings. The van der Waals surface area contributed by atoms with E-state index in [0.717, 1.165) is 6.42 Å². The van der Waals surface area contributed by atoms with Crippen molar-refractivity contribution in [3.05, 3.63) is 35.6 Å². The molecule has 1 aromatic carbocycles. The van der Waals surface area contributed by atoms with Crippen molar-refractivity contribution < 1.29 is 4.39 Å². The average Bonchev–Trinajstić information content (AvgIpc) is 2.21. The summed E-state index contributed by atoms with van der Waals surface area (Å²) < 4.78 is 12.7. The lowest BCUT2D eigenvalue weighted by Crippen LogP contribution is -2.18. The molecule has 2 atom stereocenters. The number of nitrogens with two attached hydrogens (primary N) is 1. The second kappa shape index (κ2) is 5.11. The first-order chi connectivity index (χ1) is 6.69. The van der Waals surface area contributed by atoms with Crippen molar-refractivity contribution in [3.63, 3.8) is 0 Å². The lowest BCUT2D eigenvalue weighted by atomic mass is 9.85. The SMILES string of the molecule is CCC(c1ccc(F)cc1)C(C)CN. The van der Waals surface area contributed by atoms with Crippen LogP contribution in [0.25, 0.3) is 0 Å². The number of halogens is 1. The van der Waals surface area contributed by atoms with Gasteiger partial charge in [0.2, 0.25) is 0 Å². The van der Waals surface area contributed by atoms with Gasteiger partial charge in [0.25, 0.3) is 0 Å². The van der Waals surface area contributed by atoms with E-state index in [1.54, 1.807) is 0 Å².